The van der Waals surface area contributed by atoms with Gasteiger partial charge in [-0.2, -0.15) is 0 Å². The fourth-order valence-corrected chi connectivity index (χ4v) is 0.846. The molecular formula is C8H10N2O2. The van der Waals surface area contributed by atoms with Crippen molar-refractivity contribution >= 4 is 12.0 Å². The smallest absolute Gasteiger partial charge is 0.267 e. The maximum atomic E-state index is 10.6. The standard InChI is InChI=1S/C8H10N2O2/c1-10-6-2-3-7(10)4-5-8(11)9-12/h2-6,12H,1H3,(H,9,11). The second kappa shape index (κ2) is 3.73. The lowest BCUT2D eigenvalue weighted by Crippen LogP contribution is -2.14. The van der Waals surface area contributed by atoms with Crippen LogP contribution in [0.1, 0.15) is 5.69 Å². The molecule has 0 aromatic carbocycles. The SMILES string of the molecule is Cn1cccc1C=CC(=O)NO. The van der Waals surface area contributed by atoms with Crippen LogP contribution in [0.15, 0.2) is 24.4 Å². The van der Waals surface area contributed by atoms with Gasteiger partial charge in [0, 0.05) is 25.0 Å². The van der Waals surface area contributed by atoms with Crippen LogP contribution in [0.4, 0.5) is 0 Å². The summed E-state index contributed by atoms with van der Waals surface area (Å²) in [5.41, 5.74) is 2.41. The molecule has 0 radical (unpaired) electrons. The number of carbonyl (C=O) groups excluding carboxylic acids is 1. The molecule has 2 N–H and O–H groups in total. The molecule has 64 valence electrons. The molecule has 4 heteroatoms. The van der Waals surface area contributed by atoms with Gasteiger partial charge in [0.25, 0.3) is 5.91 Å². The minimum atomic E-state index is -0.531. The molecular weight excluding hydrogens is 156 g/mol. The predicted octanol–water partition coefficient (Wildman–Crippen LogP) is 0.544. The largest absolute Gasteiger partial charge is 0.351 e. The summed E-state index contributed by atoms with van der Waals surface area (Å²) in [5.74, 6) is -0.531. The molecule has 0 bridgehead atoms. The lowest BCUT2D eigenvalue weighted by Gasteiger charge is -1.94. The minimum Gasteiger partial charge on any atom is -0.351 e. The van der Waals surface area contributed by atoms with E-state index in [1.807, 2.05) is 29.9 Å². The third kappa shape index (κ3) is 1.96. The highest BCUT2D eigenvalue weighted by Gasteiger charge is 1.92. The third-order valence-electron chi connectivity index (χ3n) is 1.50. The van der Waals surface area contributed by atoms with Gasteiger partial charge in [0.2, 0.25) is 0 Å². The van der Waals surface area contributed by atoms with Crippen molar-refractivity contribution in [2.45, 2.75) is 0 Å². The average Bonchev–Trinajstić information content (AvgIpc) is 2.47. The van der Waals surface area contributed by atoms with Gasteiger partial charge in [-0.25, -0.2) is 5.48 Å². The molecule has 1 heterocycles. The molecule has 0 unspecified atom stereocenters. The van der Waals surface area contributed by atoms with Crippen LogP contribution in [-0.4, -0.2) is 15.7 Å². The van der Waals surface area contributed by atoms with E-state index in [1.165, 1.54) is 11.6 Å². The molecule has 0 aliphatic rings. The summed E-state index contributed by atoms with van der Waals surface area (Å²) in [5, 5.41) is 8.18. The van der Waals surface area contributed by atoms with Gasteiger partial charge in [-0.05, 0) is 18.2 Å². The Kier molecular flexibility index (Phi) is 2.66. The number of hydroxylamine groups is 1. The van der Waals surface area contributed by atoms with Crippen molar-refractivity contribution in [3.8, 4) is 0 Å². The minimum absolute atomic E-state index is 0.531. The van der Waals surface area contributed by atoms with Gasteiger partial charge in [-0.3, -0.25) is 10.0 Å². The monoisotopic (exact) mass is 166 g/mol. The van der Waals surface area contributed by atoms with Gasteiger partial charge in [0.05, 0.1) is 0 Å². The number of amides is 1. The Morgan fingerprint density at radius 1 is 1.75 bits per heavy atom. The van der Waals surface area contributed by atoms with E-state index in [2.05, 4.69) is 0 Å². The topological polar surface area (TPSA) is 54.3 Å². The number of hydrogen-bond acceptors (Lipinski definition) is 2. The Balaban J connectivity index is 2.69. The fraction of sp³-hybridized carbons (Fsp3) is 0.125. The number of nitrogens with zero attached hydrogens (tertiary/aromatic N) is 1. The highest BCUT2D eigenvalue weighted by molar-refractivity contribution is 5.90. The highest BCUT2D eigenvalue weighted by Crippen LogP contribution is 2.01. The van der Waals surface area contributed by atoms with Crippen LogP contribution in [0.5, 0.6) is 0 Å². The Bertz CT molecular complexity index is 302. The third-order valence-corrected chi connectivity index (χ3v) is 1.50. The van der Waals surface area contributed by atoms with Crippen molar-refractivity contribution in [2.75, 3.05) is 0 Å². The first-order valence-electron chi connectivity index (χ1n) is 3.47. The number of carbonyl (C=O) groups is 1. The fourth-order valence-electron chi connectivity index (χ4n) is 0.846. The van der Waals surface area contributed by atoms with E-state index in [9.17, 15) is 4.79 Å². The van der Waals surface area contributed by atoms with Crippen LogP contribution in [0.3, 0.4) is 0 Å². The second-order valence-corrected chi connectivity index (χ2v) is 2.35. The van der Waals surface area contributed by atoms with Crippen molar-refractivity contribution < 1.29 is 10.0 Å². The van der Waals surface area contributed by atoms with Crippen molar-refractivity contribution in [1.29, 1.82) is 0 Å². The highest BCUT2D eigenvalue weighted by atomic mass is 16.5. The summed E-state index contributed by atoms with van der Waals surface area (Å²) in [6.07, 6.45) is 4.75. The first-order valence-corrected chi connectivity index (χ1v) is 3.47. The van der Waals surface area contributed by atoms with Crippen LogP contribution in [0.25, 0.3) is 6.08 Å². The van der Waals surface area contributed by atoms with E-state index in [0.717, 1.165) is 5.69 Å². The normalized spacial score (nSPS) is 10.5. The van der Waals surface area contributed by atoms with Crippen LogP contribution >= 0.6 is 0 Å². The van der Waals surface area contributed by atoms with Gasteiger partial charge in [-0.1, -0.05) is 0 Å². The zero-order valence-electron chi connectivity index (χ0n) is 6.69. The Morgan fingerprint density at radius 2 is 2.50 bits per heavy atom. The Labute approximate surface area is 70.1 Å². The molecule has 0 saturated heterocycles. The van der Waals surface area contributed by atoms with E-state index in [-0.39, 0.29) is 0 Å². The summed E-state index contributed by atoms with van der Waals surface area (Å²) >= 11 is 0. The van der Waals surface area contributed by atoms with Gasteiger partial charge in [0.15, 0.2) is 0 Å². The van der Waals surface area contributed by atoms with Crippen LogP contribution in [-0.2, 0) is 11.8 Å². The first-order chi connectivity index (χ1) is 5.74. The summed E-state index contributed by atoms with van der Waals surface area (Å²) in [6, 6.07) is 3.73. The van der Waals surface area contributed by atoms with Gasteiger partial charge < -0.3 is 4.57 Å². The van der Waals surface area contributed by atoms with Crippen LogP contribution in [0, 0.1) is 0 Å². The summed E-state index contributed by atoms with van der Waals surface area (Å²) < 4.78 is 1.86. The van der Waals surface area contributed by atoms with Crippen molar-refractivity contribution in [3.63, 3.8) is 0 Å². The average molecular weight is 166 g/mol. The van der Waals surface area contributed by atoms with Crippen molar-refractivity contribution in [3.05, 3.63) is 30.1 Å². The zero-order valence-corrected chi connectivity index (χ0v) is 6.69. The van der Waals surface area contributed by atoms with Gasteiger partial charge in [-0.15, -0.1) is 0 Å². The molecule has 0 fully saturated rings. The predicted molar refractivity (Wildman–Crippen MR) is 44.4 cm³/mol. The molecule has 12 heavy (non-hydrogen) atoms. The quantitative estimate of drug-likeness (QED) is 0.383. The summed E-state index contributed by atoms with van der Waals surface area (Å²) in [7, 11) is 1.87. The van der Waals surface area contributed by atoms with Crippen LogP contribution in [0.2, 0.25) is 0 Å². The molecule has 4 nitrogen and oxygen atoms in total. The molecule has 0 aliphatic heterocycles. The number of hydrogen-bond donors (Lipinski definition) is 2. The van der Waals surface area contributed by atoms with Crippen LogP contribution < -0.4 is 5.48 Å². The van der Waals surface area contributed by atoms with Crippen molar-refractivity contribution in [1.82, 2.24) is 10.0 Å². The van der Waals surface area contributed by atoms with Gasteiger partial charge in [0.1, 0.15) is 0 Å². The number of rotatable bonds is 2. The van der Waals surface area contributed by atoms with E-state index in [0.29, 0.717) is 0 Å². The van der Waals surface area contributed by atoms with Gasteiger partial charge >= 0.3 is 0 Å². The molecule has 1 rings (SSSR count). The van der Waals surface area contributed by atoms with E-state index < -0.39 is 5.91 Å². The molecule has 0 spiro atoms. The molecule has 0 saturated carbocycles. The van der Waals surface area contributed by atoms with Crippen molar-refractivity contribution in [2.24, 2.45) is 7.05 Å². The molecule has 1 amide bonds. The maximum absolute atomic E-state index is 10.6. The molecule has 1 aromatic rings. The molecule has 0 aliphatic carbocycles. The lowest BCUT2D eigenvalue weighted by atomic mass is 10.4. The lowest BCUT2D eigenvalue weighted by molar-refractivity contribution is -0.124. The number of nitrogens with one attached hydrogen (secondary N) is 1. The summed E-state index contributed by atoms with van der Waals surface area (Å²) in [4.78, 5) is 10.6. The van der Waals surface area contributed by atoms with E-state index in [4.69, 9.17) is 5.21 Å². The van der Waals surface area contributed by atoms with E-state index in [1.54, 1.807) is 6.08 Å². The second-order valence-electron chi connectivity index (χ2n) is 2.35. The Morgan fingerprint density at radius 3 is 3.00 bits per heavy atom. The molecule has 1 aromatic heterocycles. The summed E-state index contributed by atoms with van der Waals surface area (Å²) in [6.45, 7) is 0. The first kappa shape index (κ1) is 8.55. The number of aromatic nitrogens is 1. The van der Waals surface area contributed by atoms with E-state index >= 15 is 0 Å². The molecule has 0 atom stereocenters. The maximum Gasteiger partial charge on any atom is 0.267 e. The Hall–Kier alpha value is -1.55. The zero-order chi connectivity index (χ0) is 8.97. The number of aryl methyl sites for hydroxylation is 1.